The lowest BCUT2D eigenvalue weighted by molar-refractivity contribution is 0.247. The number of hydrogen-bond acceptors (Lipinski definition) is 3. The Morgan fingerprint density at radius 3 is 2.25 bits per heavy atom. The topological polar surface area (TPSA) is 44.5 Å². The molecule has 3 nitrogen and oxygen atoms in total. The van der Waals surface area contributed by atoms with Crippen molar-refractivity contribution < 1.29 is 9.47 Å². The molecule has 1 atom stereocenters. The molecular weight excluding hydrogens is 250 g/mol. The summed E-state index contributed by atoms with van der Waals surface area (Å²) in [7, 11) is 0. The van der Waals surface area contributed by atoms with E-state index in [1.807, 2.05) is 61.5 Å². The normalized spacial score (nSPS) is 11.9. The van der Waals surface area contributed by atoms with Crippen LogP contribution in [-0.4, -0.2) is 13.2 Å². The van der Waals surface area contributed by atoms with Gasteiger partial charge < -0.3 is 15.2 Å². The first kappa shape index (κ1) is 14.4. The van der Waals surface area contributed by atoms with Crippen LogP contribution in [0.1, 0.15) is 24.9 Å². The first-order valence-electron chi connectivity index (χ1n) is 6.92. The lowest BCUT2D eigenvalue weighted by Gasteiger charge is -2.10. The van der Waals surface area contributed by atoms with Crippen LogP contribution in [0.15, 0.2) is 54.6 Å². The SMILES string of the molecule is C[C@@H](N)c1cccc(OCCCOc2ccccc2)c1. The van der Waals surface area contributed by atoms with Gasteiger partial charge in [-0.3, -0.25) is 0 Å². The summed E-state index contributed by atoms with van der Waals surface area (Å²) in [5.74, 6) is 1.76. The van der Waals surface area contributed by atoms with Crippen LogP contribution in [0.2, 0.25) is 0 Å². The minimum absolute atomic E-state index is 0.0277. The molecular formula is C17H21NO2. The van der Waals surface area contributed by atoms with Crippen LogP contribution in [0.3, 0.4) is 0 Å². The molecule has 3 heteroatoms. The van der Waals surface area contributed by atoms with E-state index in [1.54, 1.807) is 0 Å². The van der Waals surface area contributed by atoms with Gasteiger partial charge in [-0.2, -0.15) is 0 Å². The zero-order valence-corrected chi connectivity index (χ0v) is 11.8. The quantitative estimate of drug-likeness (QED) is 0.783. The van der Waals surface area contributed by atoms with Crippen molar-refractivity contribution >= 4 is 0 Å². The Morgan fingerprint density at radius 1 is 0.900 bits per heavy atom. The Hall–Kier alpha value is -2.00. The predicted octanol–water partition coefficient (Wildman–Crippen LogP) is 3.55. The summed E-state index contributed by atoms with van der Waals surface area (Å²) in [6.45, 7) is 3.25. The second-order valence-electron chi connectivity index (χ2n) is 4.72. The van der Waals surface area contributed by atoms with E-state index in [4.69, 9.17) is 15.2 Å². The van der Waals surface area contributed by atoms with Crippen molar-refractivity contribution in [2.24, 2.45) is 5.73 Å². The molecule has 0 aliphatic carbocycles. The molecule has 2 aromatic rings. The number of hydrogen-bond donors (Lipinski definition) is 1. The molecule has 0 aliphatic rings. The largest absolute Gasteiger partial charge is 0.493 e. The number of ether oxygens (including phenoxy) is 2. The highest BCUT2D eigenvalue weighted by molar-refractivity contribution is 5.30. The van der Waals surface area contributed by atoms with Gasteiger partial charge in [-0.05, 0) is 36.8 Å². The summed E-state index contributed by atoms with van der Waals surface area (Å²) < 4.78 is 11.3. The van der Waals surface area contributed by atoms with Crippen molar-refractivity contribution in [1.82, 2.24) is 0 Å². The molecule has 0 aliphatic heterocycles. The van der Waals surface area contributed by atoms with Gasteiger partial charge in [-0.15, -0.1) is 0 Å². The van der Waals surface area contributed by atoms with Crippen LogP contribution in [0.4, 0.5) is 0 Å². The van der Waals surface area contributed by atoms with Gasteiger partial charge in [0.05, 0.1) is 13.2 Å². The molecule has 0 unspecified atom stereocenters. The van der Waals surface area contributed by atoms with Crippen molar-refractivity contribution in [2.75, 3.05) is 13.2 Å². The second-order valence-corrected chi connectivity index (χ2v) is 4.72. The molecule has 0 saturated heterocycles. The zero-order chi connectivity index (χ0) is 14.2. The van der Waals surface area contributed by atoms with E-state index >= 15 is 0 Å². The van der Waals surface area contributed by atoms with Crippen LogP contribution < -0.4 is 15.2 Å². The van der Waals surface area contributed by atoms with Gasteiger partial charge in [0.2, 0.25) is 0 Å². The van der Waals surface area contributed by atoms with Crippen molar-refractivity contribution in [3.05, 3.63) is 60.2 Å². The van der Waals surface area contributed by atoms with Crippen LogP contribution in [-0.2, 0) is 0 Å². The minimum Gasteiger partial charge on any atom is -0.493 e. The maximum Gasteiger partial charge on any atom is 0.119 e. The molecule has 0 aromatic heterocycles. The summed E-state index contributed by atoms with van der Waals surface area (Å²) in [5.41, 5.74) is 6.93. The molecule has 0 heterocycles. The Balaban J connectivity index is 1.69. The number of nitrogens with two attached hydrogens (primary N) is 1. The lowest BCUT2D eigenvalue weighted by Crippen LogP contribution is -2.07. The fourth-order valence-electron chi connectivity index (χ4n) is 1.84. The second kappa shape index (κ2) is 7.56. The highest BCUT2D eigenvalue weighted by Crippen LogP contribution is 2.17. The Morgan fingerprint density at radius 2 is 1.55 bits per heavy atom. The molecule has 0 bridgehead atoms. The summed E-state index contributed by atoms with van der Waals surface area (Å²) in [5, 5.41) is 0. The molecule has 20 heavy (non-hydrogen) atoms. The van der Waals surface area contributed by atoms with Crippen LogP contribution in [0.25, 0.3) is 0 Å². The van der Waals surface area contributed by atoms with Crippen LogP contribution in [0.5, 0.6) is 11.5 Å². The van der Waals surface area contributed by atoms with Gasteiger partial charge in [0.15, 0.2) is 0 Å². The molecule has 0 radical (unpaired) electrons. The standard InChI is InChI=1S/C17H21NO2/c1-14(18)15-7-5-10-17(13-15)20-12-6-11-19-16-8-3-2-4-9-16/h2-5,7-10,13-14H,6,11-12,18H2,1H3/t14-/m1/s1. The van der Waals surface area contributed by atoms with Gasteiger partial charge in [0, 0.05) is 12.5 Å². The lowest BCUT2D eigenvalue weighted by atomic mass is 10.1. The van der Waals surface area contributed by atoms with Gasteiger partial charge in [0.1, 0.15) is 11.5 Å². The molecule has 2 rings (SSSR count). The monoisotopic (exact) mass is 271 g/mol. The first-order chi connectivity index (χ1) is 9.75. The molecule has 106 valence electrons. The summed E-state index contributed by atoms with van der Waals surface area (Å²) in [6.07, 6.45) is 0.845. The third-order valence-corrected chi connectivity index (χ3v) is 2.95. The average molecular weight is 271 g/mol. The van der Waals surface area contributed by atoms with Gasteiger partial charge in [-0.1, -0.05) is 30.3 Å². The van der Waals surface area contributed by atoms with Gasteiger partial charge in [0.25, 0.3) is 0 Å². The highest BCUT2D eigenvalue weighted by Gasteiger charge is 2.01. The van der Waals surface area contributed by atoms with E-state index in [9.17, 15) is 0 Å². The number of benzene rings is 2. The zero-order valence-electron chi connectivity index (χ0n) is 11.8. The smallest absolute Gasteiger partial charge is 0.119 e. The summed E-state index contributed by atoms with van der Waals surface area (Å²) >= 11 is 0. The van der Waals surface area contributed by atoms with E-state index in [0.717, 1.165) is 23.5 Å². The van der Waals surface area contributed by atoms with E-state index < -0.39 is 0 Å². The Kier molecular flexibility index (Phi) is 5.44. The molecule has 2 aromatic carbocycles. The van der Waals surface area contributed by atoms with E-state index in [-0.39, 0.29) is 6.04 Å². The maximum absolute atomic E-state index is 5.85. The molecule has 2 N–H and O–H groups in total. The van der Waals surface area contributed by atoms with Crippen molar-refractivity contribution in [2.45, 2.75) is 19.4 Å². The van der Waals surface area contributed by atoms with Crippen LogP contribution >= 0.6 is 0 Å². The third kappa shape index (κ3) is 4.59. The fraction of sp³-hybridized carbons (Fsp3) is 0.294. The first-order valence-corrected chi connectivity index (χ1v) is 6.92. The minimum atomic E-state index is 0.0277. The van der Waals surface area contributed by atoms with E-state index in [2.05, 4.69) is 0 Å². The van der Waals surface area contributed by atoms with Crippen LogP contribution in [0, 0.1) is 0 Å². The number of rotatable bonds is 7. The van der Waals surface area contributed by atoms with E-state index in [0.29, 0.717) is 13.2 Å². The van der Waals surface area contributed by atoms with Crippen molar-refractivity contribution in [3.63, 3.8) is 0 Å². The van der Waals surface area contributed by atoms with Gasteiger partial charge in [-0.25, -0.2) is 0 Å². The summed E-state index contributed by atoms with van der Waals surface area (Å²) in [6, 6.07) is 17.7. The average Bonchev–Trinajstić information content (AvgIpc) is 2.48. The predicted molar refractivity (Wildman–Crippen MR) is 81.1 cm³/mol. The Labute approximate surface area is 120 Å². The molecule has 0 saturated carbocycles. The van der Waals surface area contributed by atoms with Gasteiger partial charge >= 0.3 is 0 Å². The summed E-state index contributed by atoms with van der Waals surface area (Å²) in [4.78, 5) is 0. The third-order valence-electron chi connectivity index (χ3n) is 2.95. The molecule has 0 fully saturated rings. The van der Waals surface area contributed by atoms with Crippen molar-refractivity contribution in [3.8, 4) is 11.5 Å². The van der Waals surface area contributed by atoms with Crippen molar-refractivity contribution in [1.29, 1.82) is 0 Å². The Bertz CT molecular complexity index is 511. The fourth-order valence-corrected chi connectivity index (χ4v) is 1.84. The highest BCUT2D eigenvalue weighted by atomic mass is 16.5. The van der Waals surface area contributed by atoms with E-state index in [1.165, 1.54) is 0 Å². The molecule has 0 amide bonds. The molecule has 0 spiro atoms. The maximum atomic E-state index is 5.85. The number of para-hydroxylation sites is 1.